The van der Waals surface area contributed by atoms with E-state index in [1.165, 1.54) is 61.8 Å². The molecule has 0 unspecified atom stereocenters. The Labute approximate surface area is 314 Å². The van der Waals surface area contributed by atoms with E-state index in [0.717, 1.165) is 38.9 Å². The van der Waals surface area contributed by atoms with Gasteiger partial charge in [0.1, 0.15) is 0 Å². The van der Waals surface area contributed by atoms with Gasteiger partial charge in [-0.05, 0) is 36.4 Å². The van der Waals surface area contributed by atoms with E-state index in [-0.39, 0.29) is 42.5 Å². The molecule has 0 radical (unpaired) electrons. The van der Waals surface area contributed by atoms with Crippen molar-refractivity contribution in [1.82, 2.24) is 4.98 Å². The second-order valence-corrected chi connectivity index (χ2v) is 18.2. The number of furan rings is 1. The molecule has 0 spiro atoms. The molecule has 0 bridgehead atoms. The first-order valence-corrected chi connectivity index (χ1v) is 19.3. The van der Waals surface area contributed by atoms with Crippen LogP contribution in [0.25, 0.3) is 76.3 Å². The number of fused-ring (bicyclic) bond motifs is 11. The number of benzene rings is 7. The minimum absolute atomic E-state index is 0. The van der Waals surface area contributed by atoms with E-state index >= 15 is 0 Å². The molecular formula is C45H36IrNOSi. The molecule has 0 aliphatic carbocycles. The van der Waals surface area contributed by atoms with Crippen molar-refractivity contribution in [3.05, 3.63) is 144 Å². The Morgan fingerprint density at radius 3 is 2.24 bits per heavy atom. The molecule has 0 aliphatic rings. The maximum absolute atomic E-state index is 7.54. The molecular weight excluding hydrogens is 791 g/mol. The summed E-state index contributed by atoms with van der Waals surface area (Å²) in [6.45, 7) is -0.240. The minimum Gasteiger partial charge on any atom is -0.500 e. The van der Waals surface area contributed by atoms with Crippen molar-refractivity contribution in [2.75, 3.05) is 0 Å². The van der Waals surface area contributed by atoms with Gasteiger partial charge >= 0.3 is 20.1 Å². The van der Waals surface area contributed by atoms with Crippen LogP contribution < -0.4 is 5.19 Å². The Balaban J connectivity index is 0.000000184. The van der Waals surface area contributed by atoms with Crippen LogP contribution in [-0.2, 0) is 20.1 Å². The normalized spacial score (nSPS) is 15.2. The van der Waals surface area contributed by atoms with Gasteiger partial charge in [0.05, 0.1) is 19.2 Å². The summed E-state index contributed by atoms with van der Waals surface area (Å²) in [7, 11) is -1.48. The van der Waals surface area contributed by atoms with Crippen molar-refractivity contribution < 1.29 is 36.9 Å². The SMILES string of the molecule is C[Si](C)(C)c1ccc2c3cc4oc5ccccc5c4[c-]c3c3[c-]cc4ccccc4c3c2c1.[2H]C([2H])([2H])c1c[c-]c(-c2cc(C([2H])([2H])[2H])c(C([2H])([2H])[2H])cn2)cc1.[Ir+3]. The number of aromatic nitrogens is 1. The monoisotopic (exact) mass is 836 g/mol. The van der Waals surface area contributed by atoms with Crippen LogP contribution in [0.15, 0.2) is 114 Å². The van der Waals surface area contributed by atoms with Gasteiger partial charge in [-0.1, -0.05) is 126 Å². The molecule has 2 nitrogen and oxygen atoms in total. The van der Waals surface area contributed by atoms with Crippen LogP contribution in [0, 0.1) is 38.8 Å². The number of pyridine rings is 1. The van der Waals surface area contributed by atoms with Gasteiger partial charge in [-0.15, -0.1) is 63.0 Å². The minimum atomic E-state index is -2.61. The number of hydrogen-bond donors (Lipinski definition) is 0. The van der Waals surface area contributed by atoms with E-state index in [2.05, 4.69) is 110 Å². The maximum atomic E-state index is 7.54. The van der Waals surface area contributed by atoms with Gasteiger partial charge in [0, 0.05) is 18.5 Å². The van der Waals surface area contributed by atoms with E-state index in [9.17, 15) is 0 Å². The van der Waals surface area contributed by atoms with Gasteiger partial charge < -0.3 is 9.40 Å². The standard InChI is InChI=1S/C31H22OSi.C14H14N.Ir/c1-33(2,3)20-13-15-22-26-18-30-27(23-10-6-7-11-29(23)32-30)17-25(26)24-14-12-19-8-4-5-9-21(19)31(24)28(22)16-20;1-10-4-6-13(7-5-10)14-8-11(2)12(3)9-15-14;/h4-13,15-16,18H,1-3H3;4-6,8-9H,1-3H3;/q-2;-1;+3/i;1D3,2D3,3D3;. The molecule has 9 rings (SSSR count). The second kappa shape index (κ2) is 12.7. The summed E-state index contributed by atoms with van der Waals surface area (Å²) in [6.07, 6.45) is 1.02. The number of para-hydroxylation sites is 1. The van der Waals surface area contributed by atoms with Crippen molar-refractivity contribution in [3.8, 4) is 11.3 Å². The molecule has 240 valence electrons. The van der Waals surface area contributed by atoms with Crippen molar-refractivity contribution in [2.24, 2.45) is 0 Å². The average molecular weight is 836 g/mol. The Kier molecular flexibility index (Phi) is 6.14. The summed E-state index contributed by atoms with van der Waals surface area (Å²) >= 11 is 0. The van der Waals surface area contributed by atoms with Crippen LogP contribution in [0.2, 0.25) is 19.6 Å². The molecule has 0 fully saturated rings. The fourth-order valence-electron chi connectivity index (χ4n) is 6.42. The number of rotatable bonds is 2. The Morgan fingerprint density at radius 1 is 0.653 bits per heavy atom. The first kappa shape index (κ1) is 23.7. The molecule has 0 amide bonds. The van der Waals surface area contributed by atoms with Gasteiger partial charge in [-0.3, -0.25) is 0 Å². The van der Waals surface area contributed by atoms with E-state index < -0.39 is 28.6 Å². The van der Waals surface area contributed by atoms with Crippen molar-refractivity contribution in [2.45, 2.75) is 40.2 Å². The maximum Gasteiger partial charge on any atom is 3.00 e. The van der Waals surface area contributed by atoms with Crippen molar-refractivity contribution in [1.29, 1.82) is 0 Å². The fourth-order valence-corrected chi connectivity index (χ4v) is 7.58. The predicted octanol–water partition coefficient (Wildman–Crippen LogP) is 11.8. The molecule has 2 aromatic heterocycles. The third kappa shape index (κ3) is 5.89. The number of hydrogen-bond acceptors (Lipinski definition) is 2. The Bertz CT molecular complexity index is 3020. The van der Waals surface area contributed by atoms with Crippen molar-refractivity contribution >= 4 is 78.3 Å². The molecule has 0 atom stereocenters. The fraction of sp³-hybridized carbons (Fsp3) is 0.133. The molecule has 0 saturated heterocycles. The molecule has 0 aliphatic heterocycles. The molecule has 0 N–H and O–H groups in total. The number of aryl methyl sites for hydroxylation is 3. The zero-order valence-electron chi connectivity index (χ0n) is 36.1. The zero-order valence-corrected chi connectivity index (χ0v) is 30.5. The summed E-state index contributed by atoms with van der Waals surface area (Å²) in [5.74, 6) is 0. The first-order chi connectivity index (χ1) is 26.8. The quantitative estimate of drug-likeness (QED) is 0.0985. The molecule has 9 aromatic rings. The zero-order chi connectivity index (χ0) is 40.7. The third-order valence-electron chi connectivity index (χ3n) is 8.96. The van der Waals surface area contributed by atoms with Crippen molar-refractivity contribution in [3.63, 3.8) is 0 Å². The van der Waals surface area contributed by atoms with Gasteiger partial charge in [-0.25, -0.2) is 5.39 Å². The third-order valence-corrected chi connectivity index (χ3v) is 11.0. The van der Waals surface area contributed by atoms with E-state index in [1.807, 2.05) is 12.1 Å². The Morgan fingerprint density at radius 2 is 1.47 bits per heavy atom. The summed E-state index contributed by atoms with van der Waals surface area (Å²) in [5.41, 5.74) is 1.85. The molecule has 0 saturated carbocycles. The van der Waals surface area contributed by atoms with Crippen LogP contribution in [0.1, 0.15) is 29.0 Å². The average Bonchev–Trinajstić information content (AvgIpc) is 3.53. The molecule has 4 heteroatoms. The van der Waals surface area contributed by atoms with Crippen LogP contribution in [0.5, 0.6) is 0 Å². The summed E-state index contributed by atoms with van der Waals surface area (Å²) in [4.78, 5) is 4.00. The first-order valence-electron chi connectivity index (χ1n) is 20.3. The molecule has 7 aromatic carbocycles. The smallest absolute Gasteiger partial charge is 0.500 e. The van der Waals surface area contributed by atoms with Gasteiger partial charge in [0.2, 0.25) is 0 Å². The summed E-state index contributed by atoms with van der Waals surface area (Å²) < 4.78 is 73.1. The van der Waals surface area contributed by atoms with Gasteiger partial charge in [0.25, 0.3) is 0 Å². The molecule has 2 heterocycles. The number of nitrogens with zero attached hydrogens (tertiary/aromatic N) is 1. The predicted molar refractivity (Wildman–Crippen MR) is 207 cm³/mol. The van der Waals surface area contributed by atoms with Crippen LogP contribution >= 0.6 is 0 Å². The molecule has 49 heavy (non-hydrogen) atoms. The van der Waals surface area contributed by atoms with Gasteiger partial charge in [0.15, 0.2) is 0 Å². The summed E-state index contributed by atoms with van der Waals surface area (Å²) in [6, 6.07) is 43.8. The topological polar surface area (TPSA) is 26.0 Å². The van der Waals surface area contributed by atoms with E-state index in [4.69, 9.17) is 16.8 Å². The largest absolute Gasteiger partial charge is 3.00 e. The second-order valence-electron chi connectivity index (χ2n) is 13.1. The van der Waals surface area contributed by atoms with Gasteiger partial charge in [-0.2, -0.15) is 17.5 Å². The van der Waals surface area contributed by atoms with E-state index in [1.54, 1.807) is 0 Å². The van der Waals surface area contributed by atoms with Crippen LogP contribution in [-0.4, -0.2) is 13.1 Å². The van der Waals surface area contributed by atoms with Crippen LogP contribution in [0.4, 0.5) is 0 Å². The van der Waals surface area contributed by atoms with E-state index in [0.29, 0.717) is 5.56 Å². The summed E-state index contributed by atoms with van der Waals surface area (Å²) in [5, 5.41) is 13.4. The van der Waals surface area contributed by atoms with Crippen LogP contribution in [0.3, 0.4) is 0 Å². The Hall–Kier alpha value is -4.60.